The summed E-state index contributed by atoms with van der Waals surface area (Å²) in [5, 5.41) is 0. The second kappa shape index (κ2) is 5.81. The van der Waals surface area contributed by atoms with Crippen LogP contribution in [0.25, 0.3) is 6.15 Å². The minimum Gasteiger partial charge on any atom is -0.693 e. The first-order valence-corrected chi connectivity index (χ1v) is 3.93. The summed E-state index contributed by atoms with van der Waals surface area (Å²) >= 11 is 0. The van der Waals surface area contributed by atoms with Crippen LogP contribution in [-0.2, 0) is 4.79 Å². The van der Waals surface area contributed by atoms with E-state index < -0.39 is 0 Å². The van der Waals surface area contributed by atoms with Crippen LogP contribution in [0.2, 0.25) is 0 Å². The smallest absolute Gasteiger partial charge is 0.693 e. The summed E-state index contributed by atoms with van der Waals surface area (Å²) in [6, 6.07) is 0. The van der Waals surface area contributed by atoms with Gasteiger partial charge < -0.3 is 10.9 Å². The van der Waals surface area contributed by atoms with Gasteiger partial charge in [-0.1, -0.05) is 18.1 Å². The van der Waals surface area contributed by atoms with Crippen LogP contribution in [0.3, 0.4) is 0 Å². The molecule has 0 amide bonds. The van der Waals surface area contributed by atoms with Crippen molar-refractivity contribution in [2.75, 3.05) is 0 Å². The Labute approximate surface area is 123 Å². The molecule has 0 spiro atoms. The molecule has 2 N–H and O–H groups in total. The standard InChI is InChI=1S/C9H11O.H2N.Rb/c10-4-3-9-6-7-1-2-8(9)5-7;;/h1-2,7-9H,3,5-6H2;1H2;/q2*-1;+1. The van der Waals surface area contributed by atoms with Crippen molar-refractivity contribution in [1.29, 1.82) is 0 Å². The Hall–Kier alpha value is 1.18. The molecular formula is C9H13NORb-. The van der Waals surface area contributed by atoms with Crippen LogP contribution in [-0.4, -0.2) is 6.29 Å². The van der Waals surface area contributed by atoms with E-state index >= 15 is 0 Å². The largest absolute Gasteiger partial charge is 1.00 e. The number of allylic oxidation sites excluding steroid dienone is 2. The number of fused-ring (bicyclic) bond motifs is 2. The van der Waals surface area contributed by atoms with Gasteiger partial charge in [-0.25, -0.2) is 0 Å². The molecule has 3 unspecified atom stereocenters. The molecule has 0 aromatic carbocycles. The first-order valence-electron chi connectivity index (χ1n) is 3.93. The maximum atomic E-state index is 10.1. The Kier molecular flexibility index (Phi) is 6.38. The molecule has 0 saturated heterocycles. The molecule has 0 aromatic rings. The minimum absolute atomic E-state index is 0. The fourth-order valence-electron chi connectivity index (χ4n) is 2.24. The number of nitrogens with two attached hydrogens (primary N) is 1. The predicted octanol–water partition coefficient (Wildman–Crippen LogP) is -0.581. The van der Waals surface area contributed by atoms with E-state index in [-0.39, 0.29) is 64.3 Å². The monoisotopic (exact) mass is 236 g/mol. The van der Waals surface area contributed by atoms with Crippen molar-refractivity contribution >= 4 is 6.29 Å². The van der Waals surface area contributed by atoms with Gasteiger partial charge in [0.15, 0.2) is 0 Å². The van der Waals surface area contributed by atoms with E-state index in [0.29, 0.717) is 18.3 Å². The summed E-state index contributed by atoms with van der Waals surface area (Å²) in [6.07, 6.45) is 9.77. The average molecular weight is 237 g/mol. The van der Waals surface area contributed by atoms with Gasteiger partial charge >= 0.3 is 58.2 Å². The minimum atomic E-state index is 0. The van der Waals surface area contributed by atoms with Gasteiger partial charge in [-0.3, -0.25) is 6.29 Å². The summed E-state index contributed by atoms with van der Waals surface area (Å²) in [5.74, 6) is 2.14. The Balaban J connectivity index is 0.000000605. The molecule has 1 fully saturated rings. The first-order chi connectivity index (χ1) is 4.90. The van der Waals surface area contributed by atoms with Crippen molar-refractivity contribution in [3.05, 3.63) is 18.3 Å². The fourth-order valence-corrected chi connectivity index (χ4v) is 2.24. The van der Waals surface area contributed by atoms with Gasteiger partial charge in [0, 0.05) is 0 Å². The SMILES string of the molecule is O=[C-]CC1CC2C=CC1C2.[NH2-].[Rb+]. The average Bonchev–Trinajstić information content (AvgIpc) is 2.48. The van der Waals surface area contributed by atoms with Crippen molar-refractivity contribution in [3.8, 4) is 0 Å². The third-order valence-corrected chi connectivity index (χ3v) is 2.76. The van der Waals surface area contributed by atoms with Crippen LogP contribution >= 0.6 is 0 Å². The van der Waals surface area contributed by atoms with Gasteiger partial charge in [-0.05, 0) is 24.7 Å². The maximum absolute atomic E-state index is 10.1. The topological polar surface area (TPSA) is 50.6 Å². The predicted molar refractivity (Wildman–Crippen MR) is 44.4 cm³/mol. The normalized spacial score (nSPS) is 35.5. The van der Waals surface area contributed by atoms with E-state index in [1.807, 2.05) is 6.29 Å². The summed E-state index contributed by atoms with van der Waals surface area (Å²) in [4.78, 5) is 10.1. The summed E-state index contributed by atoms with van der Waals surface area (Å²) in [6.45, 7) is 0. The van der Waals surface area contributed by atoms with Crippen LogP contribution in [0.5, 0.6) is 0 Å². The van der Waals surface area contributed by atoms with E-state index in [0.717, 1.165) is 5.92 Å². The molecule has 12 heavy (non-hydrogen) atoms. The van der Waals surface area contributed by atoms with E-state index in [1.165, 1.54) is 12.8 Å². The van der Waals surface area contributed by atoms with Crippen LogP contribution < -0.4 is 58.2 Å². The Morgan fingerprint density at radius 3 is 2.50 bits per heavy atom. The number of hydrogen-bond acceptors (Lipinski definition) is 1. The fraction of sp³-hybridized carbons (Fsp3) is 0.667. The third kappa shape index (κ3) is 2.58. The summed E-state index contributed by atoms with van der Waals surface area (Å²) < 4.78 is 0. The Morgan fingerprint density at radius 1 is 1.33 bits per heavy atom. The second-order valence-electron chi connectivity index (χ2n) is 3.39. The van der Waals surface area contributed by atoms with Gasteiger partial charge in [0.05, 0.1) is 0 Å². The van der Waals surface area contributed by atoms with Crippen molar-refractivity contribution in [3.63, 3.8) is 0 Å². The first kappa shape index (κ1) is 13.2. The molecule has 2 aliphatic rings. The molecule has 2 nitrogen and oxygen atoms in total. The van der Waals surface area contributed by atoms with Crippen molar-refractivity contribution in [1.82, 2.24) is 0 Å². The number of carbonyl (C=O) groups excluding carboxylic acids is 1. The quantitative estimate of drug-likeness (QED) is 0.468. The summed E-state index contributed by atoms with van der Waals surface area (Å²) in [5.41, 5.74) is 0. The Morgan fingerprint density at radius 2 is 2.08 bits per heavy atom. The molecular weight excluding hydrogens is 224 g/mol. The van der Waals surface area contributed by atoms with Crippen molar-refractivity contribution in [2.45, 2.75) is 19.3 Å². The zero-order valence-corrected chi connectivity index (χ0v) is 12.4. The van der Waals surface area contributed by atoms with Crippen molar-refractivity contribution in [2.24, 2.45) is 17.8 Å². The van der Waals surface area contributed by atoms with E-state index in [4.69, 9.17) is 0 Å². The molecule has 0 heterocycles. The van der Waals surface area contributed by atoms with Crippen LogP contribution in [0.15, 0.2) is 12.2 Å². The van der Waals surface area contributed by atoms with Crippen LogP contribution in [0, 0.1) is 17.8 Å². The van der Waals surface area contributed by atoms with Crippen LogP contribution in [0.4, 0.5) is 0 Å². The van der Waals surface area contributed by atoms with Crippen molar-refractivity contribution < 1.29 is 63.0 Å². The molecule has 3 heteroatoms. The molecule has 0 radical (unpaired) electrons. The van der Waals surface area contributed by atoms with Gasteiger partial charge in [-0.15, -0.1) is 6.42 Å². The van der Waals surface area contributed by atoms with Gasteiger partial charge in [0.2, 0.25) is 0 Å². The molecule has 1 saturated carbocycles. The van der Waals surface area contributed by atoms with Crippen LogP contribution in [0.1, 0.15) is 19.3 Å². The molecule has 2 aliphatic carbocycles. The van der Waals surface area contributed by atoms with Gasteiger partial charge in [-0.2, -0.15) is 0 Å². The zero-order valence-electron chi connectivity index (χ0n) is 7.49. The second-order valence-corrected chi connectivity index (χ2v) is 3.39. The van der Waals surface area contributed by atoms with E-state index in [2.05, 4.69) is 12.2 Å². The molecule has 2 rings (SSSR count). The maximum Gasteiger partial charge on any atom is 1.00 e. The number of rotatable bonds is 2. The number of hydrogen-bond donors (Lipinski definition) is 0. The zero-order chi connectivity index (χ0) is 6.97. The van der Waals surface area contributed by atoms with E-state index in [1.54, 1.807) is 0 Å². The molecule has 3 atom stereocenters. The molecule has 62 valence electrons. The van der Waals surface area contributed by atoms with E-state index in [9.17, 15) is 4.79 Å². The Bertz CT molecular complexity index is 181. The molecule has 2 bridgehead atoms. The molecule has 0 aromatic heterocycles. The summed E-state index contributed by atoms with van der Waals surface area (Å²) in [7, 11) is 0. The third-order valence-electron chi connectivity index (χ3n) is 2.76. The van der Waals surface area contributed by atoms with Gasteiger partial charge in [0.25, 0.3) is 0 Å². The molecule has 0 aliphatic heterocycles. The van der Waals surface area contributed by atoms with Gasteiger partial charge in [0.1, 0.15) is 0 Å².